The molecule has 1 rings (SSSR count). The third kappa shape index (κ3) is 4.25. The molecule has 2 amide bonds. The molecule has 7 heteroatoms. The number of carbonyl (C=O) groups is 3. The van der Waals surface area contributed by atoms with Crippen LogP contribution in [0.5, 0.6) is 0 Å². The van der Waals surface area contributed by atoms with Crippen LogP contribution in [0.2, 0.25) is 0 Å². The van der Waals surface area contributed by atoms with Crippen molar-refractivity contribution in [2.24, 2.45) is 5.92 Å². The number of piperidine rings is 1. The fourth-order valence-electron chi connectivity index (χ4n) is 2.24. The second-order valence-electron chi connectivity index (χ2n) is 4.65. The number of carboxylic acid groups (broad SMARTS) is 1. The molecular formula is C13H20N2O5. The molecule has 0 saturated carbocycles. The van der Waals surface area contributed by atoms with E-state index in [0.717, 1.165) is 0 Å². The van der Waals surface area contributed by atoms with E-state index in [1.165, 1.54) is 23.0 Å². The van der Waals surface area contributed by atoms with Crippen LogP contribution in [0.1, 0.15) is 12.8 Å². The molecule has 1 aliphatic heterocycles. The molecule has 1 heterocycles. The van der Waals surface area contributed by atoms with Gasteiger partial charge in [-0.3, -0.25) is 9.59 Å². The maximum Gasteiger partial charge on any atom is 0.323 e. The van der Waals surface area contributed by atoms with Crippen molar-refractivity contribution in [2.45, 2.75) is 12.8 Å². The van der Waals surface area contributed by atoms with Gasteiger partial charge in [0.15, 0.2) is 0 Å². The molecule has 1 saturated heterocycles. The highest BCUT2D eigenvalue weighted by atomic mass is 16.5. The number of methoxy groups -OCH3 is 1. The lowest BCUT2D eigenvalue weighted by Crippen LogP contribution is -2.50. The smallest absolute Gasteiger partial charge is 0.323 e. The first-order valence-electron chi connectivity index (χ1n) is 6.44. The molecule has 0 aliphatic carbocycles. The summed E-state index contributed by atoms with van der Waals surface area (Å²) in [6, 6.07) is -0.388. The molecule has 1 unspecified atom stereocenters. The number of hydrogen-bond donors (Lipinski definition) is 1. The molecule has 20 heavy (non-hydrogen) atoms. The minimum Gasteiger partial charge on any atom is -0.480 e. The quantitative estimate of drug-likeness (QED) is 0.589. The van der Waals surface area contributed by atoms with Gasteiger partial charge in [0.05, 0.1) is 13.0 Å². The number of rotatable bonds is 5. The van der Waals surface area contributed by atoms with Gasteiger partial charge in [0.2, 0.25) is 0 Å². The molecule has 0 radical (unpaired) electrons. The van der Waals surface area contributed by atoms with Crippen molar-refractivity contribution in [3.05, 3.63) is 12.7 Å². The van der Waals surface area contributed by atoms with E-state index >= 15 is 0 Å². The molecule has 7 nitrogen and oxygen atoms in total. The van der Waals surface area contributed by atoms with Crippen LogP contribution in [0.15, 0.2) is 12.7 Å². The lowest BCUT2D eigenvalue weighted by molar-refractivity contribution is -0.147. The summed E-state index contributed by atoms with van der Waals surface area (Å²) in [4.78, 5) is 37.2. The van der Waals surface area contributed by atoms with Crippen LogP contribution in [0.3, 0.4) is 0 Å². The van der Waals surface area contributed by atoms with E-state index < -0.39 is 5.97 Å². The van der Waals surface area contributed by atoms with Gasteiger partial charge in [-0.05, 0) is 12.8 Å². The van der Waals surface area contributed by atoms with Gasteiger partial charge in [-0.2, -0.15) is 0 Å². The van der Waals surface area contributed by atoms with Crippen molar-refractivity contribution >= 4 is 18.0 Å². The van der Waals surface area contributed by atoms with Gasteiger partial charge < -0.3 is 19.6 Å². The zero-order valence-corrected chi connectivity index (χ0v) is 11.6. The first kappa shape index (κ1) is 16.0. The third-order valence-electron chi connectivity index (χ3n) is 3.17. The molecule has 1 fully saturated rings. The summed E-state index contributed by atoms with van der Waals surface area (Å²) in [6.45, 7) is 4.06. The number of likely N-dealkylation sites (tertiary alicyclic amines) is 1. The Morgan fingerprint density at radius 2 is 2.20 bits per heavy atom. The highest BCUT2D eigenvalue weighted by Gasteiger charge is 2.31. The van der Waals surface area contributed by atoms with Crippen molar-refractivity contribution in [1.82, 2.24) is 9.80 Å². The van der Waals surface area contributed by atoms with Crippen molar-refractivity contribution in [1.29, 1.82) is 0 Å². The number of aliphatic carboxylic acids is 1. The highest BCUT2D eigenvalue weighted by molar-refractivity contribution is 5.81. The first-order chi connectivity index (χ1) is 9.49. The number of hydrogen-bond acceptors (Lipinski definition) is 4. The Labute approximate surface area is 117 Å². The van der Waals surface area contributed by atoms with Gasteiger partial charge in [0, 0.05) is 19.6 Å². The molecule has 0 aromatic carbocycles. The molecule has 0 aromatic heterocycles. The van der Waals surface area contributed by atoms with E-state index in [-0.39, 0.29) is 37.6 Å². The minimum absolute atomic E-state index is 0.157. The molecular weight excluding hydrogens is 264 g/mol. The van der Waals surface area contributed by atoms with Crippen molar-refractivity contribution in [3.8, 4) is 0 Å². The van der Waals surface area contributed by atoms with Crippen molar-refractivity contribution < 1.29 is 24.2 Å². The fraction of sp³-hybridized carbons (Fsp3) is 0.615. The predicted molar refractivity (Wildman–Crippen MR) is 71.1 cm³/mol. The van der Waals surface area contributed by atoms with E-state index in [9.17, 15) is 14.4 Å². The number of carbonyl (C=O) groups excluding carboxylic acids is 2. The Morgan fingerprint density at radius 3 is 2.75 bits per heavy atom. The molecule has 0 spiro atoms. The van der Waals surface area contributed by atoms with Gasteiger partial charge in [0.1, 0.15) is 6.54 Å². The largest absolute Gasteiger partial charge is 0.480 e. The fourth-order valence-corrected chi connectivity index (χ4v) is 2.24. The maximum absolute atomic E-state index is 12.3. The Morgan fingerprint density at radius 1 is 1.50 bits per heavy atom. The van der Waals surface area contributed by atoms with Crippen LogP contribution < -0.4 is 0 Å². The summed E-state index contributed by atoms with van der Waals surface area (Å²) in [5, 5.41) is 8.82. The first-order valence-corrected chi connectivity index (χ1v) is 6.44. The summed E-state index contributed by atoms with van der Waals surface area (Å²) < 4.78 is 4.69. The lowest BCUT2D eigenvalue weighted by atomic mass is 9.98. The predicted octanol–water partition coefficient (Wildman–Crippen LogP) is 0.564. The van der Waals surface area contributed by atoms with Crippen molar-refractivity contribution in [2.75, 3.05) is 33.3 Å². The normalized spacial score (nSPS) is 18.2. The van der Waals surface area contributed by atoms with Gasteiger partial charge in [-0.15, -0.1) is 6.58 Å². The standard InChI is InChI=1S/C13H20N2O5/c1-3-6-14(9-11(16)17)13(19)15-7-4-5-10(8-15)12(18)20-2/h3,10H,1,4-9H2,2H3,(H,16,17). The SMILES string of the molecule is C=CCN(CC(=O)O)C(=O)N1CCCC(C(=O)OC)C1. The topological polar surface area (TPSA) is 87.2 Å². The van der Waals surface area contributed by atoms with Gasteiger partial charge >= 0.3 is 18.0 Å². The number of amides is 2. The number of ether oxygens (including phenoxy) is 1. The summed E-state index contributed by atoms with van der Waals surface area (Å²) >= 11 is 0. The van der Waals surface area contributed by atoms with Crippen LogP contribution >= 0.6 is 0 Å². The summed E-state index contributed by atoms with van der Waals surface area (Å²) in [5.41, 5.74) is 0. The van der Waals surface area contributed by atoms with E-state index in [0.29, 0.717) is 19.4 Å². The minimum atomic E-state index is -1.08. The molecule has 0 aromatic rings. The monoisotopic (exact) mass is 284 g/mol. The average Bonchev–Trinajstić information content (AvgIpc) is 2.45. The number of urea groups is 1. The Hall–Kier alpha value is -2.05. The van der Waals surface area contributed by atoms with Crippen LogP contribution in [0.4, 0.5) is 4.79 Å². The van der Waals surface area contributed by atoms with Gasteiger partial charge in [0.25, 0.3) is 0 Å². The van der Waals surface area contributed by atoms with Gasteiger partial charge in [-0.1, -0.05) is 6.08 Å². The van der Waals surface area contributed by atoms with Crippen molar-refractivity contribution in [3.63, 3.8) is 0 Å². The molecule has 112 valence electrons. The van der Waals surface area contributed by atoms with E-state index in [1.807, 2.05) is 0 Å². The van der Waals surface area contributed by atoms with Crippen LogP contribution in [-0.4, -0.2) is 66.2 Å². The Balaban J connectivity index is 2.70. The number of esters is 1. The van der Waals surface area contributed by atoms with Crippen LogP contribution in [0, 0.1) is 5.92 Å². The highest BCUT2D eigenvalue weighted by Crippen LogP contribution is 2.19. The maximum atomic E-state index is 12.3. The Kier molecular flexibility index (Phi) is 6.02. The molecule has 1 aliphatic rings. The number of nitrogens with zero attached hydrogens (tertiary/aromatic N) is 2. The lowest BCUT2D eigenvalue weighted by Gasteiger charge is -2.34. The third-order valence-corrected chi connectivity index (χ3v) is 3.17. The Bertz CT molecular complexity index is 396. The second kappa shape index (κ2) is 7.52. The number of carboxylic acids is 1. The molecule has 1 atom stereocenters. The summed E-state index contributed by atoms with van der Waals surface area (Å²) in [6.07, 6.45) is 2.85. The van der Waals surface area contributed by atoms with Gasteiger partial charge in [-0.25, -0.2) is 4.79 Å². The average molecular weight is 284 g/mol. The van der Waals surface area contributed by atoms with Crippen LogP contribution in [0.25, 0.3) is 0 Å². The zero-order chi connectivity index (χ0) is 15.1. The second-order valence-corrected chi connectivity index (χ2v) is 4.65. The molecule has 0 bridgehead atoms. The van der Waals surface area contributed by atoms with E-state index in [4.69, 9.17) is 5.11 Å². The van der Waals surface area contributed by atoms with Crippen LogP contribution in [-0.2, 0) is 14.3 Å². The van der Waals surface area contributed by atoms with E-state index in [2.05, 4.69) is 11.3 Å². The zero-order valence-electron chi connectivity index (χ0n) is 11.6. The van der Waals surface area contributed by atoms with E-state index in [1.54, 1.807) is 0 Å². The summed E-state index contributed by atoms with van der Waals surface area (Å²) in [7, 11) is 1.32. The summed E-state index contributed by atoms with van der Waals surface area (Å²) in [5.74, 6) is -1.76. The molecule has 1 N–H and O–H groups in total.